The summed E-state index contributed by atoms with van der Waals surface area (Å²) in [6.45, 7) is 4.85. The van der Waals surface area contributed by atoms with Crippen LogP contribution in [0.2, 0.25) is 0 Å². The molecule has 0 atom stereocenters. The second-order valence-electron chi connectivity index (χ2n) is 1.26. The molecule has 0 aromatic rings. The number of carbonyl (C=O) groups excluding carboxylic acids is 1. The first-order valence-electron chi connectivity index (χ1n) is 2.12. The molecule has 1 radical (unpaired) electrons. The largest absolute Gasteiger partial charge is 0.302 e. The standard InChI is InChI=1S/C5H8NO/c1-3-5(7)4(2)6/h6H,2-3H2,1H3. The van der Waals surface area contributed by atoms with E-state index in [1.54, 1.807) is 6.92 Å². The van der Waals surface area contributed by atoms with E-state index in [0.717, 1.165) is 0 Å². The van der Waals surface area contributed by atoms with Gasteiger partial charge in [-0.25, -0.2) is 0 Å². The van der Waals surface area contributed by atoms with Gasteiger partial charge in [-0.15, -0.1) is 0 Å². The van der Waals surface area contributed by atoms with E-state index in [4.69, 9.17) is 5.41 Å². The van der Waals surface area contributed by atoms with E-state index in [0.29, 0.717) is 6.42 Å². The van der Waals surface area contributed by atoms with Gasteiger partial charge in [0, 0.05) is 6.42 Å². The molecular weight excluding hydrogens is 90.1 g/mol. The number of Topliss-reactive ketones (excluding diaryl/α,β-unsaturated/α-hetero) is 1. The van der Waals surface area contributed by atoms with Crippen LogP contribution in [0.15, 0.2) is 0 Å². The van der Waals surface area contributed by atoms with Crippen LogP contribution in [0.1, 0.15) is 13.3 Å². The third-order valence-electron chi connectivity index (χ3n) is 0.658. The number of rotatable bonds is 2. The van der Waals surface area contributed by atoms with Gasteiger partial charge in [0.15, 0.2) is 5.78 Å². The van der Waals surface area contributed by atoms with Crippen molar-refractivity contribution in [2.45, 2.75) is 13.3 Å². The summed E-state index contributed by atoms with van der Waals surface area (Å²) in [5.41, 5.74) is -0.0949. The Balaban J connectivity index is 3.58. The first-order chi connectivity index (χ1) is 3.18. The quantitative estimate of drug-likeness (QED) is 0.510. The van der Waals surface area contributed by atoms with E-state index < -0.39 is 0 Å². The van der Waals surface area contributed by atoms with E-state index in [1.165, 1.54) is 0 Å². The van der Waals surface area contributed by atoms with Gasteiger partial charge < -0.3 is 5.41 Å². The van der Waals surface area contributed by atoms with Crippen molar-refractivity contribution < 1.29 is 4.79 Å². The summed E-state index contributed by atoms with van der Waals surface area (Å²) < 4.78 is 0. The van der Waals surface area contributed by atoms with Crippen LogP contribution in [-0.2, 0) is 4.79 Å². The molecule has 0 bridgehead atoms. The molecule has 0 aromatic heterocycles. The van der Waals surface area contributed by atoms with E-state index >= 15 is 0 Å². The minimum absolute atomic E-state index is 0.0949. The Labute approximate surface area is 43.0 Å². The van der Waals surface area contributed by atoms with Crippen molar-refractivity contribution in [1.82, 2.24) is 0 Å². The number of carbonyl (C=O) groups is 1. The Morgan fingerprint density at radius 3 is 2.29 bits per heavy atom. The normalized spacial score (nSPS) is 8.29. The van der Waals surface area contributed by atoms with Crippen molar-refractivity contribution in [1.29, 1.82) is 5.41 Å². The summed E-state index contributed by atoms with van der Waals surface area (Å²) in [6, 6.07) is 0. The lowest BCUT2D eigenvalue weighted by Crippen LogP contribution is -2.05. The van der Waals surface area contributed by atoms with E-state index in [9.17, 15) is 4.79 Å². The molecule has 7 heavy (non-hydrogen) atoms. The van der Waals surface area contributed by atoms with Gasteiger partial charge in [0.05, 0.1) is 5.71 Å². The van der Waals surface area contributed by atoms with Crippen LogP contribution in [0.25, 0.3) is 0 Å². The summed E-state index contributed by atoms with van der Waals surface area (Å²) >= 11 is 0. The topological polar surface area (TPSA) is 40.9 Å². The van der Waals surface area contributed by atoms with Gasteiger partial charge in [0.1, 0.15) is 0 Å². The van der Waals surface area contributed by atoms with Crippen molar-refractivity contribution in [3.05, 3.63) is 6.92 Å². The van der Waals surface area contributed by atoms with Gasteiger partial charge in [0.25, 0.3) is 0 Å². The van der Waals surface area contributed by atoms with Crippen LogP contribution in [0.4, 0.5) is 0 Å². The second kappa shape index (κ2) is 2.50. The highest BCUT2D eigenvalue weighted by Gasteiger charge is 1.96. The van der Waals surface area contributed by atoms with Gasteiger partial charge in [-0.05, 0) is 6.92 Å². The first kappa shape index (κ1) is 6.34. The monoisotopic (exact) mass is 98.1 g/mol. The van der Waals surface area contributed by atoms with Crippen molar-refractivity contribution >= 4 is 11.5 Å². The lowest BCUT2D eigenvalue weighted by atomic mass is 10.2. The van der Waals surface area contributed by atoms with Crippen molar-refractivity contribution in [2.75, 3.05) is 0 Å². The van der Waals surface area contributed by atoms with E-state index in [-0.39, 0.29) is 11.5 Å². The fraction of sp³-hybridized carbons (Fsp3) is 0.400. The Hall–Kier alpha value is -0.660. The summed E-state index contributed by atoms with van der Waals surface area (Å²) in [6.07, 6.45) is 0.391. The van der Waals surface area contributed by atoms with Crippen LogP contribution in [0, 0.1) is 12.3 Å². The molecular formula is C5H8NO. The predicted molar refractivity (Wildman–Crippen MR) is 28.4 cm³/mol. The van der Waals surface area contributed by atoms with Crippen LogP contribution < -0.4 is 0 Å². The fourth-order valence-corrected chi connectivity index (χ4v) is 0.213. The van der Waals surface area contributed by atoms with E-state index in [2.05, 4.69) is 6.92 Å². The van der Waals surface area contributed by atoms with Crippen molar-refractivity contribution in [2.24, 2.45) is 0 Å². The molecule has 0 aromatic carbocycles. The highest BCUT2D eigenvalue weighted by Crippen LogP contribution is 1.79. The lowest BCUT2D eigenvalue weighted by Gasteiger charge is -1.85. The average Bonchev–Trinajstić information content (AvgIpc) is 1.65. The molecule has 0 rings (SSSR count). The van der Waals surface area contributed by atoms with E-state index in [1.807, 2.05) is 0 Å². The Morgan fingerprint density at radius 1 is 1.86 bits per heavy atom. The summed E-state index contributed by atoms with van der Waals surface area (Å²) in [4.78, 5) is 10.2. The summed E-state index contributed by atoms with van der Waals surface area (Å²) in [7, 11) is 0. The maximum Gasteiger partial charge on any atom is 0.176 e. The molecule has 0 heterocycles. The SMILES string of the molecule is [CH2]C(=N)C(=O)CC. The van der Waals surface area contributed by atoms with Crippen molar-refractivity contribution in [3.8, 4) is 0 Å². The van der Waals surface area contributed by atoms with Gasteiger partial charge >= 0.3 is 0 Å². The molecule has 0 saturated heterocycles. The molecule has 0 aliphatic heterocycles. The Kier molecular flexibility index (Phi) is 2.27. The summed E-state index contributed by atoms with van der Waals surface area (Å²) in [5.74, 6) is -0.181. The third-order valence-corrected chi connectivity index (χ3v) is 0.658. The highest BCUT2D eigenvalue weighted by molar-refractivity contribution is 6.40. The minimum Gasteiger partial charge on any atom is -0.302 e. The summed E-state index contributed by atoms with van der Waals surface area (Å²) in [5, 5.41) is 6.64. The molecule has 2 nitrogen and oxygen atoms in total. The second-order valence-corrected chi connectivity index (χ2v) is 1.26. The molecule has 0 aliphatic carbocycles. The van der Waals surface area contributed by atoms with Gasteiger partial charge in [0.2, 0.25) is 0 Å². The first-order valence-corrected chi connectivity index (χ1v) is 2.12. The molecule has 0 aliphatic rings. The minimum atomic E-state index is -0.181. The lowest BCUT2D eigenvalue weighted by molar-refractivity contribution is -0.112. The number of ketones is 1. The number of nitrogens with one attached hydrogen (secondary N) is 1. The Morgan fingerprint density at radius 2 is 2.29 bits per heavy atom. The molecule has 0 saturated carbocycles. The van der Waals surface area contributed by atoms with Gasteiger partial charge in [-0.2, -0.15) is 0 Å². The zero-order valence-electron chi connectivity index (χ0n) is 4.32. The zero-order chi connectivity index (χ0) is 5.86. The Bertz CT molecular complexity index is 96.3. The molecule has 0 unspecified atom stereocenters. The maximum absolute atomic E-state index is 10.2. The molecule has 1 N–H and O–H groups in total. The fourth-order valence-electron chi connectivity index (χ4n) is 0.213. The molecule has 39 valence electrons. The zero-order valence-corrected chi connectivity index (χ0v) is 4.32. The van der Waals surface area contributed by atoms with Crippen molar-refractivity contribution in [3.63, 3.8) is 0 Å². The van der Waals surface area contributed by atoms with Crippen LogP contribution >= 0.6 is 0 Å². The predicted octanol–water partition coefficient (Wildman–Crippen LogP) is 0.819. The third kappa shape index (κ3) is 2.09. The number of hydrogen-bond donors (Lipinski definition) is 1. The highest BCUT2D eigenvalue weighted by atomic mass is 16.1. The van der Waals surface area contributed by atoms with Crippen LogP contribution in [0.3, 0.4) is 0 Å². The molecule has 0 amide bonds. The molecule has 2 heteroatoms. The molecule has 0 spiro atoms. The van der Waals surface area contributed by atoms with Gasteiger partial charge in [-0.3, -0.25) is 4.79 Å². The van der Waals surface area contributed by atoms with Gasteiger partial charge in [-0.1, -0.05) is 6.92 Å². The van der Waals surface area contributed by atoms with Crippen LogP contribution in [-0.4, -0.2) is 11.5 Å². The average molecular weight is 98.1 g/mol. The molecule has 0 fully saturated rings. The van der Waals surface area contributed by atoms with Crippen LogP contribution in [0.5, 0.6) is 0 Å². The number of hydrogen-bond acceptors (Lipinski definition) is 2. The smallest absolute Gasteiger partial charge is 0.176 e. The maximum atomic E-state index is 10.2.